The molecule has 0 aliphatic carbocycles. The van der Waals surface area contributed by atoms with E-state index in [-0.39, 0.29) is 23.4 Å². The lowest BCUT2D eigenvalue weighted by atomic mass is 10.1. The molecule has 1 aliphatic rings. The molecule has 0 bridgehead atoms. The first-order valence-corrected chi connectivity index (χ1v) is 10.2. The topological polar surface area (TPSA) is 103 Å². The van der Waals surface area contributed by atoms with Crippen LogP contribution in [0.5, 0.6) is 5.75 Å². The van der Waals surface area contributed by atoms with Gasteiger partial charge in [-0.25, -0.2) is 9.97 Å². The van der Waals surface area contributed by atoms with Crippen LogP contribution in [0.2, 0.25) is 0 Å². The Balaban J connectivity index is 1.57. The molecule has 162 valence electrons. The highest BCUT2D eigenvalue weighted by atomic mass is 16.5. The van der Waals surface area contributed by atoms with Crippen molar-refractivity contribution in [2.75, 3.05) is 43.6 Å². The molecule has 0 radical (unpaired) electrons. The number of nitrogens with zero attached hydrogens (tertiary/aromatic N) is 4. The first kappa shape index (κ1) is 20.8. The zero-order chi connectivity index (χ0) is 21.8. The number of ether oxygens (including phenoxy) is 2. The van der Waals surface area contributed by atoms with Crippen molar-refractivity contribution in [2.45, 2.75) is 19.8 Å². The second-order valence-corrected chi connectivity index (χ2v) is 7.46. The third-order valence-corrected chi connectivity index (χ3v) is 4.98. The van der Waals surface area contributed by atoms with Crippen LogP contribution < -0.4 is 15.0 Å². The second kappa shape index (κ2) is 9.13. The summed E-state index contributed by atoms with van der Waals surface area (Å²) in [5.41, 5.74) is 2.41. The number of carbonyl (C=O) groups is 1. The third kappa shape index (κ3) is 4.66. The molecule has 3 heterocycles. The second-order valence-electron chi connectivity index (χ2n) is 7.46. The summed E-state index contributed by atoms with van der Waals surface area (Å²) in [4.78, 5) is 24.1. The number of benzene rings is 1. The summed E-state index contributed by atoms with van der Waals surface area (Å²) in [6, 6.07) is 10.8. The lowest BCUT2D eigenvalue weighted by Crippen LogP contribution is -2.38. The van der Waals surface area contributed by atoms with E-state index in [0.717, 1.165) is 11.3 Å². The minimum Gasteiger partial charge on any atom is -0.496 e. The van der Waals surface area contributed by atoms with Crippen molar-refractivity contribution in [1.29, 1.82) is 0 Å². The van der Waals surface area contributed by atoms with Crippen LogP contribution in [-0.2, 0) is 4.74 Å². The van der Waals surface area contributed by atoms with Crippen molar-refractivity contribution < 1.29 is 18.8 Å². The summed E-state index contributed by atoms with van der Waals surface area (Å²) in [5, 5.41) is 6.79. The van der Waals surface area contributed by atoms with Crippen molar-refractivity contribution in [3.05, 3.63) is 47.8 Å². The molecule has 1 aliphatic heterocycles. The molecular formula is C22H25N5O4. The molecular weight excluding hydrogens is 398 g/mol. The minimum absolute atomic E-state index is 0.150. The van der Waals surface area contributed by atoms with Gasteiger partial charge in [-0.1, -0.05) is 31.1 Å². The average Bonchev–Trinajstić information content (AvgIpc) is 3.27. The molecule has 4 rings (SSSR count). The maximum atomic E-state index is 12.9. The first-order chi connectivity index (χ1) is 15.0. The molecule has 1 fully saturated rings. The lowest BCUT2D eigenvalue weighted by molar-refractivity contribution is 0.101. The van der Waals surface area contributed by atoms with E-state index in [2.05, 4.69) is 20.4 Å². The standard InChI is InChI=1S/C22H25N5O4/c1-14(2)16-12-18(24-22(23-16)27-8-10-30-11-9-27)21(28)25-20-13-17(26-31-20)15-6-4-5-7-19(15)29-3/h4-7,12-14H,8-11H2,1-3H3,(H,25,28). The highest BCUT2D eigenvalue weighted by molar-refractivity contribution is 6.02. The van der Waals surface area contributed by atoms with E-state index in [4.69, 9.17) is 14.0 Å². The highest BCUT2D eigenvalue weighted by Crippen LogP contribution is 2.30. The molecule has 0 atom stereocenters. The molecule has 3 aromatic rings. The van der Waals surface area contributed by atoms with Crippen LogP contribution in [-0.4, -0.2) is 54.4 Å². The van der Waals surface area contributed by atoms with E-state index in [0.29, 0.717) is 43.7 Å². The molecule has 1 aromatic carbocycles. The van der Waals surface area contributed by atoms with Gasteiger partial charge in [-0.2, -0.15) is 0 Å². The van der Waals surface area contributed by atoms with Crippen molar-refractivity contribution in [1.82, 2.24) is 15.1 Å². The van der Waals surface area contributed by atoms with E-state index in [9.17, 15) is 4.79 Å². The normalized spacial score (nSPS) is 14.0. The van der Waals surface area contributed by atoms with Crippen LogP contribution in [0.1, 0.15) is 35.9 Å². The number of hydrogen-bond acceptors (Lipinski definition) is 8. The number of aromatic nitrogens is 3. The van der Waals surface area contributed by atoms with E-state index in [1.165, 1.54) is 0 Å². The van der Waals surface area contributed by atoms with Gasteiger partial charge in [0.05, 0.1) is 20.3 Å². The van der Waals surface area contributed by atoms with Gasteiger partial charge in [-0.15, -0.1) is 0 Å². The van der Waals surface area contributed by atoms with Crippen molar-refractivity contribution in [3.63, 3.8) is 0 Å². The molecule has 31 heavy (non-hydrogen) atoms. The van der Waals surface area contributed by atoms with Crippen LogP contribution in [0.3, 0.4) is 0 Å². The fraction of sp³-hybridized carbons (Fsp3) is 0.364. The van der Waals surface area contributed by atoms with E-state index in [1.807, 2.05) is 43.0 Å². The maximum absolute atomic E-state index is 12.9. The Labute approximate surface area is 180 Å². The highest BCUT2D eigenvalue weighted by Gasteiger charge is 2.20. The number of para-hydroxylation sites is 1. The summed E-state index contributed by atoms with van der Waals surface area (Å²) in [7, 11) is 1.59. The zero-order valence-electron chi connectivity index (χ0n) is 17.8. The van der Waals surface area contributed by atoms with Crippen LogP contribution in [0.4, 0.5) is 11.8 Å². The molecule has 1 N–H and O–H groups in total. The lowest BCUT2D eigenvalue weighted by Gasteiger charge is -2.27. The van der Waals surface area contributed by atoms with Crippen LogP contribution >= 0.6 is 0 Å². The summed E-state index contributed by atoms with van der Waals surface area (Å²) in [6.07, 6.45) is 0. The number of anilines is 2. The van der Waals surface area contributed by atoms with Gasteiger partial charge >= 0.3 is 0 Å². The van der Waals surface area contributed by atoms with Gasteiger partial charge in [0.2, 0.25) is 11.8 Å². The quantitative estimate of drug-likeness (QED) is 0.644. The fourth-order valence-electron chi connectivity index (χ4n) is 3.26. The minimum atomic E-state index is -0.387. The van der Waals surface area contributed by atoms with E-state index < -0.39 is 0 Å². The summed E-state index contributed by atoms with van der Waals surface area (Å²) in [6.45, 7) is 6.66. The Bertz CT molecular complexity index is 1060. The Hall–Kier alpha value is -3.46. The Morgan fingerprint density at radius 1 is 1.16 bits per heavy atom. The van der Waals surface area contributed by atoms with Gasteiger partial charge in [0.15, 0.2) is 0 Å². The summed E-state index contributed by atoms with van der Waals surface area (Å²) >= 11 is 0. The first-order valence-electron chi connectivity index (χ1n) is 10.2. The predicted octanol–water partition coefficient (Wildman–Crippen LogP) is 3.35. The zero-order valence-corrected chi connectivity index (χ0v) is 17.8. The van der Waals surface area contributed by atoms with E-state index >= 15 is 0 Å². The number of rotatable bonds is 6. The summed E-state index contributed by atoms with van der Waals surface area (Å²) < 4.78 is 16.1. The SMILES string of the molecule is COc1ccccc1-c1cc(NC(=O)c2cc(C(C)C)nc(N3CCOCC3)n2)on1. The summed E-state index contributed by atoms with van der Waals surface area (Å²) in [5.74, 6) is 1.19. The Kier molecular flexibility index (Phi) is 6.13. The van der Waals surface area contributed by atoms with Gasteiger partial charge in [0, 0.05) is 30.4 Å². The Morgan fingerprint density at radius 2 is 1.94 bits per heavy atom. The number of amides is 1. The van der Waals surface area contributed by atoms with Crippen LogP contribution in [0, 0.1) is 0 Å². The molecule has 9 heteroatoms. The van der Waals surface area contributed by atoms with Gasteiger partial charge in [-0.3, -0.25) is 10.1 Å². The molecule has 1 saturated heterocycles. The van der Waals surface area contributed by atoms with Gasteiger partial charge < -0.3 is 18.9 Å². The predicted molar refractivity (Wildman–Crippen MR) is 116 cm³/mol. The van der Waals surface area contributed by atoms with Crippen molar-refractivity contribution >= 4 is 17.7 Å². The number of hydrogen-bond donors (Lipinski definition) is 1. The van der Waals surface area contributed by atoms with E-state index in [1.54, 1.807) is 19.2 Å². The fourth-order valence-corrected chi connectivity index (χ4v) is 3.26. The number of methoxy groups -OCH3 is 1. The molecule has 0 unspecified atom stereocenters. The number of nitrogens with one attached hydrogen (secondary N) is 1. The van der Waals surface area contributed by atoms with Crippen LogP contribution in [0.25, 0.3) is 11.3 Å². The number of morpholine rings is 1. The Morgan fingerprint density at radius 3 is 2.68 bits per heavy atom. The van der Waals surface area contributed by atoms with Gasteiger partial charge in [0.1, 0.15) is 17.1 Å². The largest absolute Gasteiger partial charge is 0.496 e. The van der Waals surface area contributed by atoms with Gasteiger partial charge in [0.25, 0.3) is 5.91 Å². The smallest absolute Gasteiger partial charge is 0.276 e. The van der Waals surface area contributed by atoms with Crippen molar-refractivity contribution in [2.24, 2.45) is 0 Å². The number of carbonyl (C=O) groups excluding carboxylic acids is 1. The molecule has 0 spiro atoms. The third-order valence-electron chi connectivity index (χ3n) is 4.98. The average molecular weight is 423 g/mol. The van der Waals surface area contributed by atoms with Crippen molar-refractivity contribution in [3.8, 4) is 17.0 Å². The molecule has 9 nitrogen and oxygen atoms in total. The maximum Gasteiger partial charge on any atom is 0.276 e. The molecule has 1 amide bonds. The van der Waals surface area contributed by atoms with Crippen LogP contribution in [0.15, 0.2) is 40.9 Å². The molecule has 0 saturated carbocycles. The molecule has 2 aromatic heterocycles. The van der Waals surface area contributed by atoms with Gasteiger partial charge in [-0.05, 0) is 24.1 Å². The monoisotopic (exact) mass is 423 g/mol.